The van der Waals surface area contributed by atoms with E-state index in [1.54, 1.807) is 12.1 Å². The van der Waals surface area contributed by atoms with Gasteiger partial charge in [-0.1, -0.05) is 25.7 Å². The quantitative estimate of drug-likeness (QED) is 0.711. The summed E-state index contributed by atoms with van der Waals surface area (Å²) in [6, 6.07) is 9.39. The lowest BCUT2D eigenvalue weighted by Crippen LogP contribution is -2.29. The topological polar surface area (TPSA) is 33.0 Å². The van der Waals surface area contributed by atoms with E-state index in [1.807, 2.05) is 12.1 Å². The molecule has 74 valence electrons. The van der Waals surface area contributed by atoms with Crippen molar-refractivity contribution in [3.05, 3.63) is 29.8 Å². The number of rotatable bonds is 3. The lowest BCUT2D eigenvalue weighted by atomic mass is 10.2. The minimum Gasteiger partial charge on any atom is -0.497 e. The summed E-state index contributed by atoms with van der Waals surface area (Å²) in [5, 5.41) is 8.69. The maximum Gasteiger partial charge on any atom is 0.120 e. The van der Waals surface area contributed by atoms with Crippen molar-refractivity contribution in [2.45, 2.75) is 19.6 Å². The van der Waals surface area contributed by atoms with Crippen LogP contribution >= 0.6 is 0 Å². The molecule has 0 saturated carbocycles. The van der Waals surface area contributed by atoms with Gasteiger partial charge in [-0.25, -0.2) is 0 Å². The number of ether oxygens (including phenoxy) is 1. The average Bonchev–Trinajstić information content (AvgIpc) is 2.14. The Morgan fingerprint density at radius 1 is 1.36 bits per heavy atom. The van der Waals surface area contributed by atoms with Crippen LogP contribution in [0.5, 0.6) is 5.75 Å². The van der Waals surface area contributed by atoms with E-state index < -0.39 is 8.07 Å². The molecule has 0 bridgehead atoms. The summed E-state index contributed by atoms with van der Waals surface area (Å²) in [5.74, 6) is 0.798. The highest BCUT2D eigenvalue weighted by atomic mass is 28.3. The lowest BCUT2D eigenvalue weighted by Gasteiger charge is -2.16. The first-order valence-corrected chi connectivity index (χ1v) is 8.35. The molecule has 0 atom stereocenters. The van der Waals surface area contributed by atoms with Crippen LogP contribution in [0.4, 0.5) is 0 Å². The van der Waals surface area contributed by atoms with Crippen LogP contribution in [0.25, 0.3) is 0 Å². The van der Waals surface area contributed by atoms with E-state index in [9.17, 15) is 0 Å². The molecule has 1 rings (SSSR count). The van der Waals surface area contributed by atoms with Crippen molar-refractivity contribution in [3.63, 3.8) is 0 Å². The van der Waals surface area contributed by atoms with Crippen molar-refractivity contribution in [1.29, 1.82) is 5.26 Å². The van der Waals surface area contributed by atoms with E-state index in [0.717, 1.165) is 12.0 Å². The van der Waals surface area contributed by atoms with Crippen molar-refractivity contribution in [2.24, 2.45) is 0 Å². The van der Waals surface area contributed by atoms with Gasteiger partial charge in [0.1, 0.15) is 5.75 Å². The number of hydrogen-bond donors (Lipinski definition) is 0. The summed E-state index contributed by atoms with van der Waals surface area (Å²) in [5.41, 5.74) is 0.651. The molecular formula is C11H15NOSi. The monoisotopic (exact) mass is 205 g/mol. The van der Waals surface area contributed by atoms with Crippen LogP contribution in [-0.4, -0.2) is 14.3 Å². The van der Waals surface area contributed by atoms with E-state index in [0.29, 0.717) is 5.56 Å². The minimum absolute atomic E-state index is 0.651. The third-order valence-electron chi connectivity index (χ3n) is 1.63. The first-order valence-electron chi connectivity index (χ1n) is 4.64. The van der Waals surface area contributed by atoms with Gasteiger partial charge in [-0.15, -0.1) is 0 Å². The lowest BCUT2D eigenvalue weighted by molar-refractivity contribution is 0.378. The Morgan fingerprint density at radius 2 is 2.07 bits per heavy atom. The molecule has 0 fully saturated rings. The Hall–Kier alpha value is -1.27. The van der Waals surface area contributed by atoms with Crippen LogP contribution in [0.3, 0.4) is 0 Å². The fraction of sp³-hybridized carbons (Fsp3) is 0.364. The highest BCUT2D eigenvalue weighted by molar-refractivity contribution is 6.76. The third kappa shape index (κ3) is 3.63. The van der Waals surface area contributed by atoms with Crippen LogP contribution in [0.2, 0.25) is 19.6 Å². The van der Waals surface area contributed by atoms with Crippen molar-refractivity contribution < 1.29 is 4.74 Å². The average molecular weight is 205 g/mol. The van der Waals surface area contributed by atoms with E-state index in [-0.39, 0.29) is 0 Å². The van der Waals surface area contributed by atoms with Crippen molar-refractivity contribution >= 4 is 8.07 Å². The summed E-state index contributed by atoms with van der Waals surface area (Å²) in [4.78, 5) is 0. The van der Waals surface area contributed by atoms with E-state index in [2.05, 4.69) is 25.7 Å². The largest absolute Gasteiger partial charge is 0.497 e. The smallest absolute Gasteiger partial charge is 0.120 e. The molecule has 0 aliphatic heterocycles. The molecule has 14 heavy (non-hydrogen) atoms. The molecule has 3 heteroatoms. The first kappa shape index (κ1) is 10.8. The van der Waals surface area contributed by atoms with Gasteiger partial charge in [0.25, 0.3) is 0 Å². The van der Waals surface area contributed by atoms with Gasteiger partial charge in [0, 0.05) is 0 Å². The molecule has 0 aromatic heterocycles. The zero-order valence-electron chi connectivity index (χ0n) is 8.87. The van der Waals surface area contributed by atoms with Gasteiger partial charge in [-0.3, -0.25) is 0 Å². The second-order valence-electron chi connectivity index (χ2n) is 4.49. The predicted molar refractivity (Wildman–Crippen MR) is 60.0 cm³/mol. The molecular weight excluding hydrogens is 190 g/mol. The summed E-state index contributed by atoms with van der Waals surface area (Å²) >= 11 is 0. The zero-order chi connectivity index (χ0) is 10.6. The molecule has 0 unspecified atom stereocenters. The molecule has 0 spiro atoms. The SMILES string of the molecule is C[Si](C)(C)COc1cccc(C#N)c1. The Bertz CT molecular complexity index is 349. The number of benzene rings is 1. The fourth-order valence-electron chi connectivity index (χ4n) is 0.955. The van der Waals surface area contributed by atoms with E-state index in [4.69, 9.17) is 10.00 Å². The van der Waals surface area contributed by atoms with Gasteiger partial charge in [0.15, 0.2) is 0 Å². The molecule has 1 aromatic rings. The van der Waals surface area contributed by atoms with E-state index >= 15 is 0 Å². The number of nitriles is 1. The van der Waals surface area contributed by atoms with Crippen molar-refractivity contribution in [3.8, 4) is 11.8 Å². The van der Waals surface area contributed by atoms with Crippen LogP contribution in [0.1, 0.15) is 5.56 Å². The first-order chi connectivity index (χ1) is 6.51. The summed E-state index contributed by atoms with van der Waals surface area (Å²) < 4.78 is 5.62. The van der Waals surface area contributed by atoms with Crippen molar-refractivity contribution in [2.75, 3.05) is 6.23 Å². The number of nitrogens with zero attached hydrogens (tertiary/aromatic N) is 1. The van der Waals surface area contributed by atoms with Crippen LogP contribution in [-0.2, 0) is 0 Å². The van der Waals surface area contributed by atoms with Crippen LogP contribution in [0, 0.1) is 11.3 Å². The van der Waals surface area contributed by atoms with Gasteiger partial charge in [0.2, 0.25) is 0 Å². The molecule has 0 N–H and O–H groups in total. The predicted octanol–water partition coefficient (Wildman–Crippen LogP) is 2.81. The highest BCUT2D eigenvalue weighted by Crippen LogP contribution is 2.14. The highest BCUT2D eigenvalue weighted by Gasteiger charge is 2.13. The van der Waals surface area contributed by atoms with Gasteiger partial charge in [-0.2, -0.15) is 5.26 Å². The summed E-state index contributed by atoms with van der Waals surface area (Å²) in [6.07, 6.45) is 0.794. The Labute approximate surface area is 86.1 Å². The third-order valence-corrected chi connectivity index (χ3v) is 2.65. The molecule has 0 aliphatic carbocycles. The minimum atomic E-state index is -1.17. The molecule has 2 nitrogen and oxygen atoms in total. The molecule has 0 radical (unpaired) electrons. The van der Waals surface area contributed by atoms with Gasteiger partial charge in [-0.05, 0) is 18.2 Å². The van der Waals surface area contributed by atoms with E-state index in [1.165, 1.54) is 0 Å². The summed E-state index contributed by atoms with van der Waals surface area (Å²) in [6.45, 7) is 6.75. The normalized spacial score (nSPS) is 10.7. The summed E-state index contributed by atoms with van der Waals surface area (Å²) in [7, 11) is -1.17. The Balaban J connectivity index is 2.65. The van der Waals surface area contributed by atoms with Crippen LogP contribution in [0.15, 0.2) is 24.3 Å². The van der Waals surface area contributed by atoms with Gasteiger partial charge in [0.05, 0.1) is 25.9 Å². The number of hydrogen-bond acceptors (Lipinski definition) is 2. The van der Waals surface area contributed by atoms with Crippen LogP contribution < -0.4 is 4.74 Å². The van der Waals surface area contributed by atoms with Gasteiger partial charge >= 0.3 is 0 Å². The second-order valence-corrected chi connectivity index (χ2v) is 9.90. The van der Waals surface area contributed by atoms with Gasteiger partial charge < -0.3 is 4.74 Å². The zero-order valence-corrected chi connectivity index (χ0v) is 9.87. The molecule has 1 aromatic carbocycles. The Kier molecular flexibility index (Phi) is 3.31. The molecule has 0 saturated heterocycles. The second kappa shape index (κ2) is 4.29. The Morgan fingerprint density at radius 3 is 2.64 bits per heavy atom. The van der Waals surface area contributed by atoms with Crippen molar-refractivity contribution in [1.82, 2.24) is 0 Å². The maximum absolute atomic E-state index is 8.69. The molecule has 0 amide bonds. The standard InChI is InChI=1S/C11H15NOSi/c1-14(2,3)9-13-11-6-4-5-10(7-11)8-12/h4-7H,9H2,1-3H3. The maximum atomic E-state index is 8.69. The fourth-order valence-corrected chi connectivity index (χ4v) is 1.55. The molecule has 0 heterocycles. The molecule has 0 aliphatic rings.